The van der Waals surface area contributed by atoms with Crippen LogP contribution < -0.4 is 5.32 Å². The van der Waals surface area contributed by atoms with Gasteiger partial charge in [0.2, 0.25) is 11.8 Å². The normalized spacial score (nSPS) is 17.0. The first kappa shape index (κ1) is 20.1. The Hall–Kier alpha value is -3.15. The topological polar surface area (TPSA) is 78.1 Å². The molecule has 0 bridgehead atoms. The lowest BCUT2D eigenvalue weighted by molar-refractivity contribution is -0.131. The van der Waals surface area contributed by atoms with Gasteiger partial charge in [-0.1, -0.05) is 18.2 Å². The van der Waals surface area contributed by atoms with Gasteiger partial charge in [-0.25, -0.2) is 4.98 Å². The maximum Gasteiger partial charge on any atom is 0.229 e. The van der Waals surface area contributed by atoms with Crippen LogP contribution in [0, 0.1) is 12.8 Å². The number of hydrogen-bond donors (Lipinski definition) is 2. The van der Waals surface area contributed by atoms with E-state index in [0.29, 0.717) is 13.0 Å². The van der Waals surface area contributed by atoms with Crippen molar-refractivity contribution in [1.29, 1.82) is 0 Å². The lowest BCUT2D eigenvalue weighted by Gasteiger charge is -2.31. The molecule has 1 unspecified atom stereocenters. The van der Waals surface area contributed by atoms with Crippen molar-refractivity contribution < 1.29 is 9.59 Å². The number of nitrogens with zero attached hydrogens (tertiary/aromatic N) is 2. The molecule has 156 valence electrons. The number of aromatic amines is 1. The van der Waals surface area contributed by atoms with Crippen LogP contribution in [0.3, 0.4) is 0 Å². The minimum Gasteiger partial charge on any atom is -0.342 e. The lowest BCUT2D eigenvalue weighted by atomic mass is 10.1. The molecule has 1 aromatic heterocycles. The number of nitrogens with one attached hydrogen (secondary N) is 2. The average molecular weight is 405 g/mol. The van der Waals surface area contributed by atoms with Crippen LogP contribution in [0.1, 0.15) is 44.1 Å². The molecular formula is C24H28N4O2. The Labute approximate surface area is 176 Å². The standard InChI is InChI=1S/C24H28N4O2/c1-15-5-10-19-20(11-15)27-21(26-19)12-16-6-8-18(9-7-16)25-23(30)17-13-22(29)28(14-17)24(2,3)4/h5-11,17H,12-14H2,1-4H3,(H,25,30)(H,26,27). The van der Waals surface area contributed by atoms with Crippen LogP contribution in [0.25, 0.3) is 11.0 Å². The number of aryl methyl sites for hydroxylation is 1. The molecule has 3 aromatic rings. The average Bonchev–Trinajstić information content (AvgIpc) is 3.25. The fourth-order valence-corrected chi connectivity index (χ4v) is 3.93. The highest BCUT2D eigenvalue weighted by Gasteiger charge is 2.39. The zero-order valence-electron chi connectivity index (χ0n) is 18.0. The minimum atomic E-state index is -0.310. The van der Waals surface area contributed by atoms with Crippen LogP contribution in [-0.4, -0.2) is 38.8 Å². The van der Waals surface area contributed by atoms with E-state index in [1.165, 1.54) is 5.56 Å². The number of carbonyl (C=O) groups is 2. The SMILES string of the molecule is Cc1ccc2nc(Cc3ccc(NC(=O)C4CC(=O)N(C(C)(C)C)C4)cc3)[nH]c2c1. The Morgan fingerprint density at radius 2 is 1.93 bits per heavy atom. The third-order valence-corrected chi connectivity index (χ3v) is 5.59. The predicted molar refractivity (Wildman–Crippen MR) is 118 cm³/mol. The first-order chi connectivity index (χ1) is 14.2. The Balaban J connectivity index is 1.38. The zero-order valence-corrected chi connectivity index (χ0v) is 18.0. The summed E-state index contributed by atoms with van der Waals surface area (Å²) in [5.74, 6) is 0.545. The van der Waals surface area contributed by atoms with Crippen molar-refractivity contribution in [3.63, 3.8) is 0 Å². The van der Waals surface area contributed by atoms with Crippen molar-refractivity contribution in [1.82, 2.24) is 14.9 Å². The minimum absolute atomic E-state index is 0.0408. The number of amides is 2. The summed E-state index contributed by atoms with van der Waals surface area (Å²) in [4.78, 5) is 34.7. The van der Waals surface area contributed by atoms with Crippen LogP contribution in [0.5, 0.6) is 0 Å². The fraction of sp³-hybridized carbons (Fsp3) is 0.375. The van der Waals surface area contributed by atoms with Crippen LogP contribution in [0.4, 0.5) is 5.69 Å². The van der Waals surface area contributed by atoms with Crippen molar-refractivity contribution in [3.8, 4) is 0 Å². The van der Waals surface area contributed by atoms with E-state index in [1.807, 2.05) is 51.1 Å². The molecule has 2 heterocycles. The monoisotopic (exact) mass is 404 g/mol. The Kier molecular flexibility index (Phi) is 5.10. The number of benzene rings is 2. The third-order valence-electron chi connectivity index (χ3n) is 5.59. The molecule has 6 heteroatoms. The molecule has 1 aliphatic heterocycles. The lowest BCUT2D eigenvalue weighted by Crippen LogP contribution is -2.42. The van der Waals surface area contributed by atoms with Crippen molar-refractivity contribution in [2.24, 2.45) is 5.92 Å². The summed E-state index contributed by atoms with van der Waals surface area (Å²) in [5, 5.41) is 2.95. The van der Waals surface area contributed by atoms with Crippen molar-refractivity contribution in [2.75, 3.05) is 11.9 Å². The van der Waals surface area contributed by atoms with Gasteiger partial charge in [0, 0.05) is 30.6 Å². The largest absolute Gasteiger partial charge is 0.342 e. The number of aromatic nitrogens is 2. The Bertz CT molecular complexity index is 1090. The van der Waals surface area contributed by atoms with E-state index >= 15 is 0 Å². The number of H-pyrrole nitrogens is 1. The van der Waals surface area contributed by atoms with Crippen LogP contribution >= 0.6 is 0 Å². The summed E-state index contributed by atoms with van der Waals surface area (Å²) in [6, 6.07) is 14.0. The molecule has 0 aliphatic carbocycles. The number of anilines is 1. The van der Waals surface area contributed by atoms with Gasteiger partial charge in [0.25, 0.3) is 0 Å². The molecule has 30 heavy (non-hydrogen) atoms. The van der Waals surface area contributed by atoms with E-state index in [9.17, 15) is 9.59 Å². The Morgan fingerprint density at radius 1 is 1.20 bits per heavy atom. The first-order valence-electron chi connectivity index (χ1n) is 10.3. The van der Waals surface area contributed by atoms with E-state index in [0.717, 1.165) is 28.1 Å². The second-order valence-electron chi connectivity index (χ2n) is 9.14. The van der Waals surface area contributed by atoms with Gasteiger partial charge in [-0.05, 0) is 63.1 Å². The molecule has 1 fully saturated rings. The van der Waals surface area contributed by atoms with E-state index in [-0.39, 0.29) is 29.7 Å². The van der Waals surface area contributed by atoms with Crippen molar-refractivity contribution in [2.45, 2.75) is 46.1 Å². The third kappa shape index (κ3) is 4.22. The molecule has 1 saturated heterocycles. The highest BCUT2D eigenvalue weighted by Crippen LogP contribution is 2.27. The maximum atomic E-state index is 12.6. The quantitative estimate of drug-likeness (QED) is 0.689. The summed E-state index contributed by atoms with van der Waals surface area (Å²) in [7, 11) is 0. The number of likely N-dealkylation sites (tertiary alicyclic amines) is 1. The molecule has 4 rings (SSSR count). The number of rotatable bonds is 4. The van der Waals surface area contributed by atoms with Crippen LogP contribution in [0.2, 0.25) is 0 Å². The predicted octanol–water partition coefficient (Wildman–Crippen LogP) is 4.05. The van der Waals surface area contributed by atoms with Gasteiger partial charge < -0.3 is 15.2 Å². The summed E-state index contributed by atoms with van der Waals surface area (Å²) >= 11 is 0. The van der Waals surface area contributed by atoms with Gasteiger partial charge in [-0.2, -0.15) is 0 Å². The number of hydrogen-bond acceptors (Lipinski definition) is 3. The number of carbonyl (C=O) groups excluding carboxylic acids is 2. The smallest absolute Gasteiger partial charge is 0.229 e. The van der Waals surface area contributed by atoms with Gasteiger partial charge in [-0.3, -0.25) is 9.59 Å². The van der Waals surface area contributed by atoms with E-state index < -0.39 is 0 Å². The number of imidazole rings is 1. The van der Waals surface area contributed by atoms with Gasteiger partial charge in [-0.15, -0.1) is 0 Å². The zero-order chi connectivity index (χ0) is 21.5. The summed E-state index contributed by atoms with van der Waals surface area (Å²) in [6.45, 7) is 8.51. The first-order valence-corrected chi connectivity index (χ1v) is 10.3. The molecule has 2 N–H and O–H groups in total. The molecule has 0 spiro atoms. The second kappa shape index (κ2) is 7.59. The molecule has 1 aliphatic rings. The van der Waals surface area contributed by atoms with Crippen molar-refractivity contribution in [3.05, 3.63) is 59.4 Å². The summed E-state index contributed by atoms with van der Waals surface area (Å²) in [5.41, 5.74) is 4.80. The molecule has 6 nitrogen and oxygen atoms in total. The van der Waals surface area contributed by atoms with Gasteiger partial charge in [0.05, 0.1) is 17.0 Å². The van der Waals surface area contributed by atoms with E-state index in [1.54, 1.807) is 4.90 Å². The fourth-order valence-electron chi connectivity index (χ4n) is 3.93. The van der Waals surface area contributed by atoms with Crippen LogP contribution in [-0.2, 0) is 16.0 Å². The molecule has 2 amide bonds. The van der Waals surface area contributed by atoms with Crippen molar-refractivity contribution >= 4 is 28.5 Å². The van der Waals surface area contributed by atoms with E-state index in [2.05, 4.69) is 34.3 Å². The molecular weight excluding hydrogens is 376 g/mol. The second-order valence-corrected chi connectivity index (χ2v) is 9.14. The maximum absolute atomic E-state index is 12.6. The molecule has 1 atom stereocenters. The summed E-state index contributed by atoms with van der Waals surface area (Å²) in [6.07, 6.45) is 0.965. The van der Waals surface area contributed by atoms with E-state index in [4.69, 9.17) is 0 Å². The molecule has 2 aromatic carbocycles. The molecule has 0 radical (unpaired) electrons. The number of fused-ring (bicyclic) bond motifs is 1. The van der Waals surface area contributed by atoms with Gasteiger partial charge in [0.15, 0.2) is 0 Å². The Morgan fingerprint density at radius 3 is 2.60 bits per heavy atom. The van der Waals surface area contributed by atoms with Gasteiger partial charge in [0.1, 0.15) is 5.82 Å². The van der Waals surface area contributed by atoms with Crippen LogP contribution in [0.15, 0.2) is 42.5 Å². The van der Waals surface area contributed by atoms with Gasteiger partial charge >= 0.3 is 0 Å². The highest BCUT2D eigenvalue weighted by atomic mass is 16.2. The molecule has 0 saturated carbocycles. The highest BCUT2D eigenvalue weighted by molar-refractivity contribution is 5.97. The summed E-state index contributed by atoms with van der Waals surface area (Å²) < 4.78 is 0.